The molecule has 0 amide bonds. The summed E-state index contributed by atoms with van der Waals surface area (Å²) in [5.74, 6) is 1.32. The lowest BCUT2D eigenvalue weighted by Gasteiger charge is -2.22. The van der Waals surface area contributed by atoms with Gasteiger partial charge in [0.15, 0.2) is 0 Å². The summed E-state index contributed by atoms with van der Waals surface area (Å²) in [7, 11) is -3.33. The normalized spacial score (nSPS) is 30.8. The number of nitrogens with one attached hydrogen (secondary N) is 1. The van der Waals surface area contributed by atoms with Crippen molar-refractivity contribution in [3.05, 3.63) is 29.8 Å². The number of rotatable bonds is 3. The van der Waals surface area contributed by atoms with Gasteiger partial charge >= 0.3 is 0 Å². The Bertz CT molecular complexity index is 535. The van der Waals surface area contributed by atoms with Crippen LogP contribution in [0.15, 0.2) is 29.2 Å². The topological polar surface area (TPSA) is 46.2 Å². The SMILES string of the molecule is Cc1ccc(S(=O)(=O)N[C@@H]2C[C@@H]3CC[C@@H]2C3)cc1. The molecule has 2 aliphatic carbocycles. The van der Waals surface area contributed by atoms with Gasteiger partial charge in [-0.25, -0.2) is 13.1 Å². The molecule has 2 aliphatic rings. The molecule has 1 aromatic carbocycles. The molecule has 0 saturated heterocycles. The summed E-state index contributed by atoms with van der Waals surface area (Å²) in [5, 5.41) is 0. The van der Waals surface area contributed by atoms with Gasteiger partial charge in [-0.2, -0.15) is 0 Å². The van der Waals surface area contributed by atoms with Gasteiger partial charge in [-0.1, -0.05) is 24.1 Å². The van der Waals surface area contributed by atoms with E-state index in [1.807, 2.05) is 19.1 Å². The van der Waals surface area contributed by atoms with Crippen LogP contribution >= 0.6 is 0 Å². The fraction of sp³-hybridized carbons (Fsp3) is 0.571. The van der Waals surface area contributed by atoms with Crippen LogP contribution < -0.4 is 4.72 Å². The van der Waals surface area contributed by atoms with Crippen molar-refractivity contribution in [1.82, 2.24) is 4.72 Å². The Morgan fingerprint density at radius 1 is 1.11 bits per heavy atom. The molecule has 3 rings (SSSR count). The zero-order chi connectivity index (χ0) is 12.8. The monoisotopic (exact) mass is 265 g/mol. The minimum Gasteiger partial charge on any atom is -0.208 e. The summed E-state index contributed by atoms with van der Waals surface area (Å²) in [5.41, 5.74) is 1.08. The van der Waals surface area contributed by atoms with E-state index in [2.05, 4.69) is 4.72 Å². The van der Waals surface area contributed by atoms with Crippen molar-refractivity contribution >= 4 is 10.0 Å². The molecule has 0 heterocycles. The molecule has 2 fully saturated rings. The molecular formula is C14H19NO2S. The van der Waals surface area contributed by atoms with Gasteiger partial charge in [-0.3, -0.25) is 0 Å². The zero-order valence-corrected chi connectivity index (χ0v) is 11.4. The van der Waals surface area contributed by atoms with Gasteiger partial charge < -0.3 is 0 Å². The van der Waals surface area contributed by atoms with Crippen LogP contribution in [0.1, 0.15) is 31.2 Å². The Kier molecular flexibility index (Phi) is 2.94. The Hall–Kier alpha value is -0.870. The molecule has 18 heavy (non-hydrogen) atoms. The molecule has 1 aromatic rings. The Labute approximate surface area is 109 Å². The van der Waals surface area contributed by atoms with Gasteiger partial charge in [-0.15, -0.1) is 0 Å². The molecule has 0 spiro atoms. The van der Waals surface area contributed by atoms with E-state index in [-0.39, 0.29) is 6.04 Å². The third-order valence-corrected chi connectivity index (χ3v) is 5.88. The van der Waals surface area contributed by atoms with Crippen molar-refractivity contribution in [2.24, 2.45) is 11.8 Å². The minimum absolute atomic E-state index is 0.162. The molecule has 3 atom stereocenters. The molecular weight excluding hydrogens is 246 g/mol. The summed E-state index contributed by atoms with van der Waals surface area (Å²) in [6.45, 7) is 1.96. The molecule has 98 valence electrons. The molecule has 1 N–H and O–H groups in total. The highest BCUT2D eigenvalue weighted by atomic mass is 32.2. The summed E-state index contributed by atoms with van der Waals surface area (Å²) in [6.07, 6.45) is 4.70. The molecule has 4 heteroatoms. The van der Waals surface area contributed by atoms with Gasteiger partial charge in [0.25, 0.3) is 0 Å². The average molecular weight is 265 g/mol. The molecule has 0 radical (unpaired) electrons. The Morgan fingerprint density at radius 2 is 1.83 bits per heavy atom. The highest BCUT2D eigenvalue weighted by molar-refractivity contribution is 7.89. The number of sulfonamides is 1. The number of aryl methyl sites for hydroxylation is 1. The highest BCUT2D eigenvalue weighted by Crippen LogP contribution is 2.44. The van der Waals surface area contributed by atoms with E-state index in [0.717, 1.165) is 17.9 Å². The van der Waals surface area contributed by atoms with Crippen molar-refractivity contribution < 1.29 is 8.42 Å². The van der Waals surface area contributed by atoms with E-state index in [1.54, 1.807) is 12.1 Å². The predicted octanol–water partition coefficient (Wildman–Crippen LogP) is 2.46. The molecule has 2 saturated carbocycles. The number of benzene rings is 1. The number of hydrogen-bond acceptors (Lipinski definition) is 2. The summed E-state index contributed by atoms with van der Waals surface area (Å²) >= 11 is 0. The maximum absolute atomic E-state index is 12.3. The van der Waals surface area contributed by atoms with Crippen LogP contribution in [0, 0.1) is 18.8 Å². The standard InChI is InChI=1S/C14H19NO2S/c1-10-2-6-13(7-3-10)18(16,17)15-14-9-11-4-5-12(14)8-11/h2-3,6-7,11-12,14-15H,4-5,8-9H2,1H3/t11-,12-,14-/m1/s1. The fourth-order valence-corrected chi connectivity index (χ4v) is 4.69. The molecule has 0 aliphatic heterocycles. The van der Waals surface area contributed by atoms with Crippen molar-refractivity contribution in [3.8, 4) is 0 Å². The summed E-state index contributed by atoms with van der Waals surface area (Å²) in [6, 6.07) is 7.22. The van der Waals surface area contributed by atoms with E-state index < -0.39 is 10.0 Å². The first-order valence-corrected chi connectivity index (χ1v) is 8.12. The Balaban J connectivity index is 1.77. The number of hydrogen-bond donors (Lipinski definition) is 1. The second-order valence-electron chi connectivity index (χ2n) is 5.72. The smallest absolute Gasteiger partial charge is 0.208 e. The van der Waals surface area contributed by atoms with Crippen molar-refractivity contribution in [2.45, 2.75) is 43.5 Å². The van der Waals surface area contributed by atoms with Crippen LogP contribution in [0.25, 0.3) is 0 Å². The van der Waals surface area contributed by atoms with Gasteiger partial charge in [-0.05, 0) is 50.2 Å². The third-order valence-electron chi connectivity index (χ3n) is 4.38. The lowest BCUT2D eigenvalue weighted by Crippen LogP contribution is -2.38. The van der Waals surface area contributed by atoms with Gasteiger partial charge in [0.2, 0.25) is 10.0 Å². The van der Waals surface area contributed by atoms with E-state index >= 15 is 0 Å². The zero-order valence-electron chi connectivity index (χ0n) is 10.6. The molecule has 0 aromatic heterocycles. The van der Waals surface area contributed by atoms with Crippen LogP contribution in [-0.2, 0) is 10.0 Å². The van der Waals surface area contributed by atoms with E-state index in [9.17, 15) is 8.42 Å². The lowest BCUT2D eigenvalue weighted by atomic mass is 9.96. The quantitative estimate of drug-likeness (QED) is 0.912. The fourth-order valence-electron chi connectivity index (χ4n) is 3.37. The summed E-state index contributed by atoms with van der Waals surface area (Å²) < 4.78 is 27.4. The van der Waals surface area contributed by atoms with E-state index in [1.165, 1.54) is 19.3 Å². The van der Waals surface area contributed by atoms with Crippen molar-refractivity contribution in [1.29, 1.82) is 0 Å². The van der Waals surface area contributed by atoms with Crippen LogP contribution in [-0.4, -0.2) is 14.5 Å². The average Bonchev–Trinajstić information content (AvgIpc) is 2.91. The second-order valence-corrected chi connectivity index (χ2v) is 7.43. The van der Waals surface area contributed by atoms with E-state index in [4.69, 9.17) is 0 Å². The molecule has 2 bridgehead atoms. The lowest BCUT2D eigenvalue weighted by molar-refractivity contribution is 0.390. The molecule has 0 unspecified atom stereocenters. The second kappa shape index (κ2) is 4.35. The first-order chi connectivity index (χ1) is 8.54. The predicted molar refractivity (Wildman–Crippen MR) is 70.7 cm³/mol. The number of fused-ring (bicyclic) bond motifs is 2. The van der Waals surface area contributed by atoms with Crippen LogP contribution in [0.3, 0.4) is 0 Å². The van der Waals surface area contributed by atoms with Crippen LogP contribution in [0.2, 0.25) is 0 Å². The first kappa shape index (κ1) is 12.2. The maximum Gasteiger partial charge on any atom is 0.240 e. The van der Waals surface area contributed by atoms with Crippen LogP contribution in [0.5, 0.6) is 0 Å². The third kappa shape index (κ3) is 2.19. The van der Waals surface area contributed by atoms with Crippen molar-refractivity contribution in [3.63, 3.8) is 0 Å². The molecule has 3 nitrogen and oxygen atoms in total. The summed E-state index contributed by atoms with van der Waals surface area (Å²) in [4.78, 5) is 0.385. The van der Waals surface area contributed by atoms with Crippen LogP contribution in [0.4, 0.5) is 0 Å². The van der Waals surface area contributed by atoms with E-state index in [0.29, 0.717) is 10.8 Å². The first-order valence-electron chi connectivity index (χ1n) is 6.63. The van der Waals surface area contributed by atoms with Gasteiger partial charge in [0.1, 0.15) is 0 Å². The highest BCUT2D eigenvalue weighted by Gasteiger charge is 2.41. The van der Waals surface area contributed by atoms with Gasteiger partial charge in [0, 0.05) is 6.04 Å². The minimum atomic E-state index is -3.33. The maximum atomic E-state index is 12.3. The Morgan fingerprint density at radius 3 is 2.39 bits per heavy atom. The largest absolute Gasteiger partial charge is 0.240 e. The van der Waals surface area contributed by atoms with Gasteiger partial charge in [0.05, 0.1) is 4.90 Å². The van der Waals surface area contributed by atoms with Crippen molar-refractivity contribution in [2.75, 3.05) is 0 Å².